The fourth-order valence-electron chi connectivity index (χ4n) is 8.62. The lowest BCUT2D eigenvalue weighted by molar-refractivity contribution is -0.121. The molecule has 0 radical (unpaired) electrons. The van der Waals surface area contributed by atoms with Gasteiger partial charge in [0.25, 0.3) is 5.56 Å². The molecule has 4 heterocycles. The van der Waals surface area contributed by atoms with Crippen molar-refractivity contribution in [2.24, 2.45) is 11.8 Å². The number of ether oxygens (including phenoxy) is 4. The van der Waals surface area contributed by atoms with E-state index in [0.717, 1.165) is 12.1 Å². The number of halogens is 1. The molecule has 3 N–H and O–H groups in total. The van der Waals surface area contributed by atoms with Crippen molar-refractivity contribution in [3.63, 3.8) is 0 Å². The molecule has 298 valence electrons. The van der Waals surface area contributed by atoms with Crippen molar-refractivity contribution in [2.45, 2.75) is 50.2 Å². The molecule has 56 heavy (non-hydrogen) atoms. The molecule has 15 nitrogen and oxygen atoms in total. The second kappa shape index (κ2) is 14.8. The number of hydrogen-bond donors (Lipinski definition) is 3. The van der Waals surface area contributed by atoms with Gasteiger partial charge in [0.05, 0.1) is 27.1 Å². The van der Waals surface area contributed by atoms with Gasteiger partial charge < -0.3 is 39.0 Å². The Kier molecular flexibility index (Phi) is 10.3. The molecule has 2 bridgehead atoms. The van der Waals surface area contributed by atoms with Gasteiger partial charge in [0.2, 0.25) is 27.3 Å². The number of benzene rings is 2. The smallest absolute Gasteiger partial charge is 0.250 e. The number of amides is 1. The van der Waals surface area contributed by atoms with Gasteiger partial charge in [0.1, 0.15) is 22.1 Å². The monoisotopic (exact) mass is 811 g/mol. The van der Waals surface area contributed by atoms with Crippen LogP contribution >= 0.6 is 11.6 Å². The zero-order valence-corrected chi connectivity index (χ0v) is 32.7. The van der Waals surface area contributed by atoms with Crippen LogP contribution < -0.4 is 29.8 Å². The predicted molar refractivity (Wildman–Crippen MR) is 203 cm³/mol. The highest BCUT2D eigenvalue weighted by molar-refractivity contribution is 7.89. The van der Waals surface area contributed by atoms with E-state index < -0.39 is 62.9 Å². The summed E-state index contributed by atoms with van der Waals surface area (Å²) < 4.78 is 52.7. The Morgan fingerprint density at radius 2 is 1.75 bits per heavy atom. The molecule has 1 aliphatic carbocycles. The van der Waals surface area contributed by atoms with E-state index in [2.05, 4.69) is 5.32 Å². The molecule has 7 rings (SSSR count). The van der Waals surface area contributed by atoms with Crippen molar-refractivity contribution >= 4 is 39.1 Å². The number of hydrogen-bond acceptors (Lipinski definition) is 12. The van der Waals surface area contributed by atoms with Crippen LogP contribution in [0.2, 0.25) is 5.02 Å². The number of methoxy groups -OCH3 is 3. The van der Waals surface area contributed by atoms with Crippen molar-refractivity contribution in [2.75, 3.05) is 46.7 Å². The Hall–Kier alpha value is -5.06. The summed E-state index contributed by atoms with van der Waals surface area (Å²) in [5.74, 6) is -5.40. The lowest BCUT2D eigenvalue weighted by atomic mass is 9.69. The van der Waals surface area contributed by atoms with Gasteiger partial charge in [-0.3, -0.25) is 19.2 Å². The average molecular weight is 812 g/mol. The molecule has 1 saturated heterocycles. The van der Waals surface area contributed by atoms with Crippen LogP contribution in [0.4, 0.5) is 0 Å². The van der Waals surface area contributed by atoms with Crippen LogP contribution in [0.3, 0.4) is 0 Å². The number of aliphatic hydroxyl groups excluding tert-OH is 1. The maximum atomic E-state index is 14.4. The minimum absolute atomic E-state index is 0.0217. The number of phenolic OH excluding ortho intramolecular Hbond substituents is 1. The zero-order chi connectivity index (χ0) is 40.3. The van der Waals surface area contributed by atoms with Crippen molar-refractivity contribution in [3.8, 4) is 28.7 Å². The van der Waals surface area contributed by atoms with E-state index in [1.807, 2.05) is 6.07 Å². The van der Waals surface area contributed by atoms with E-state index in [-0.39, 0.29) is 93.9 Å². The second-order valence-corrected chi connectivity index (χ2v) is 17.1. The Morgan fingerprint density at radius 1 is 1.02 bits per heavy atom. The summed E-state index contributed by atoms with van der Waals surface area (Å²) in [5.41, 5.74) is -1.48. The number of nitrogens with one attached hydrogen (secondary N) is 1. The number of ketones is 2. The number of sulfonamides is 1. The first-order valence-corrected chi connectivity index (χ1v) is 20.1. The third-order valence-electron chi connectivity index (χ3n) is 11.4. The van der Waals surface area contributed by atoms with Gasteiger partial charge in [-0.05, 0) is 36.1 Å². The third-order valence-corrected chi connectivity index (χ3v) is 13.5. The number of phenols is 1. The molecule has 1 aromatic heterocycles. The Morgan fingerprint density at radius 3 is 2.46 bits per heavy atom. The second-order valence-electron chi connectivity index (χ2n) is 14.6. The Labute approximate surface area is 327 Å². The quantitative estimate of drug-likeness (QED) is 0.254. The molecular formula is C39H42ClN3O12S. The average Bonchev–Trinajstić information content (AvgIpc) is 3.48. The molecule has 3 aliphatic heterocycles. The maximum Gasteiger partial charge on any atom is 0.250 e. The van der Waals surface area contributed by atoms with Crippen molar-refractivity contribution < 1.29 is 52.0 Å². The minimum Gasteiger partial charge on any atom is -0.507 e. The molecule has 4 aliphatic rings. The van der Waals surface area contributed by atoms with E-state index in [9.17, 15) is 37.8 Å². The number of carbonyl (C=O) groups is 3. The van der Waals surface area contributed by atoms with Gasteiger partial charge in [-0.15, -0.1) is 0 Å². The predicted octanol–water partition coefficient (Wildman–Crippen LogP) is 3.71. The van der Waals surface area contributed by atoms with Gasteiger partial charge in [-0.2, -0.15) is 0 Å². The first kappa shape index (κ1) is 39.2. The highest BCUT2D eigenvalue weighted by Crippen LogP contribution is 2.56. The van der Waals surface area contributed by atoms with E-state index >= 15 is 0 Å². The van der Waals surface area contributed by atoms with Crippen LogP contribution in [-0.4, -0.2) is 97.3 Å². The lowest BCUT2D eigenvalue weighted by Crippen LogP contribution is -2.53. The number of piperidine rings is 1. The van der Waals surface area contributed by atoms with Gasteiger partial charge >= 0.3 is 0 Å². The maximum absolute atomic E-state index is 14.4. The summed E-state index contributed by atoms with van der Waals surface area (Å²) in [4.78, 5) is 54.5. The van der Waals surface area contributed by atoms with Crippen LogP contribution in [0, 0.1) is 11.8 Å². The lowest BCUT2D eigenvalue weighted by Gasteiger charge is -2.42. The fourth-order valence-corrected chi connectivity index (χ4v) is 10.3. The number of aromatic hydroxyl groups is 1. The summed E-state index contributed by atoms with van der Waals surface area (Å²) in [6.45, 7) is 2.21. The summed E-state index contributed by atoms with van der Waals surface area (Å²) in [6.07, 6.45) is 0.0370. The SMILES string of the molecule is COc1cc(C(CC(=O)NCCS(=O)(=O)N2C[C@H]3C[C@@H](C2)c2cccc(=O)n2C3)C2=C(O)C3(Oc4c(Cl)c(OC)cc(OC)c4C3=O)C(C)CC2=O)ccc1O. The molecule has 1 fully saturated rings. The molecule has 1 spiro atoms. The van der Waals surface area contributed by atoms with Crippen LogP contribution in [0.15, 0.2) is 58.6 Å². The number of aromatic nitrogens is 1. The van der Waals surface area contributed by atoms with Crippen molar-refractivity contribution in [3.05, 3.63) is 86.0 Å². The highest BCUT2D eigenvalue weighted by atomic mass is 35.5. The largest absolute Gasteiger partial charge is 0.507 e. The number of rotatable bonds is 11. The Balaban J connectivity index is 1.16. The van der Waals surface area contributed by atoms with E-state index in [1.54, 1.807) is 17.6 Å². The molecule has 3 aromatic rings. The summed E-state index contributed by atoms with van der Waals surface area (Å²) in [6, 6.07) is 10.6. The molecule has 17 heteroatoms. The van der Waals surface area contributed by atoms with Gasteiger partial charge in [0.15, 0.2) is 28.8 Å². The fraction of sp³-hybridized carbons (Fsp3) is 0.436. The molecule has 3 unspecified atom stereocenters. The molecule has 1 amide bonds. The molecule has 0 saturated carbocycles. The number of fused-ring (bicyclic) bond motifs is 5. The van der Waals surface area contributed by atoms with Crippen LogP contribution in [0.5, 0.6) is 28.7 Å². The highest BCUT2D eigenvalue weighted by Gasteiger charge is 2.61. The number of carbonyl (C=O) groups excluding carboxylic acids is 3. The van der Waals surface area contributed by atoms with E-state index in [0.29, 0.717) is 6.54 Å². The normalized spacial score (nSPS) is 23.6. The summed E-state index contributed by atoms with van der Waals surface area (Å²) in [7, 11) is 0.199. The number of nitrogens with zero attached hydrogens (tertiary/aromatic N) is 2. The van der Waals surface area contributed by atoms with Gasteiger partial charge in [-0.25, -0.2) is 12.7 Å². The summed E-state index contributed by atoms with van der Waals surface area (Å²) >= 11 is 6.60. The van der Waals surface area contributed by atoms with E-state index in [4.69, 9.17) is 30.5 Å². The van der Waals surface area contributed by atoms with Crippen LogP contribution in [0.25, 0.3) is 0 Å². The Bertz CT molecular complexity index is 2340. The third kappa shape index (κ3) is 6.46. The summed E-state index contributed by atoms with van der Waals surface area (Å²) in [5, 5.41) is 25.1. The van der Waals surface area contributed by atoms with Crippen LogP contribution in [0.1, 0.15) is 59.6 Å². The van der Waals surface area contributed by atoms with Gasteiger partial charge in [-0.1, -0.05) is 30.7 Å². The van der Waals surface area contributed by atoms with Gasteiger partial charge in [0, 0.05) is 80.2 Å². The van der Waals surface area contributed by atoms with E-state index in [1.165, 1.54) is 56.0 Å². The van der Waals surface area contributed by atoms with Crippen molar-refractivity contribution in [1.29, 1.82) is 0 Å². The molecule has 5 atom stereocenters. The number of allylic oxidation sites excluding steroid dienone is 1. The number of pyridine rings is 1. The van der Waals surface area contributed by atoms with Crippen molar-refractivity contribution in [1.82, 2.24) is 14.2 Å². The number of Topliss-reactive ketones (excluding diaryl/α,β-unsaturated/α-hetero) is 2. The molecular weight excluding hydrogens is 770 g/mol. The van der Waals surface area contributed by atoms with Crippen LogP contribution in [-0.2, 0) is 26.2 Å². The first-order valence-electron chi connectivity index (χ1n) is 18.1. The standard InChI is InChI=1S/C39H42ClN3O12S/c1-20-12-27(45)33(37(48)39(20)38(49)34-29(53-3)16-30(54-4)35(40)36(34)55-39)24(22-8-9-26(44)28(14-22)52-2)15-31(46)41-10-11-56(50,51)42-17-21-13-23(19-42)25-6-5-7-32(47)43(25)18-21/h5-9,14,16,20-21,23-24,44,48H,10-13,15,17-19H2,1-4H3,(H,41,46)/t20?,21-,23+,24?,39?/m1/s1. The topological polar surface area (TPSA) is 200 Å². The number of aliphatic hydroxyl groups is 1. The molecule has 2 aromatic carbocycles. The first-order chi connectivity index (χ1) is 26.6. The zero-order valence-electron chi connectivity index (χ0n) is 31.2. The minimum atomic E-state index is -3.83.